The summed E-state index contributed by atoms with van der Waals surface area (Å²) in [6.07, 6.45) is 0. The molecule has 0 amide bonds. The van der Waals surface area contributed by atoms with Crippen LogP contribution in [-0.2, 0) is 0 Å². The molecule has 12 heteroatoms. The quantitative estimate of drug-likeness (QED) is 0.353. The van der Waals surface area contributed by atoms with E-state index in [2.05, 4.69) is 0 Å². The third kappa shape index (κ3) is 2.92. The van der Waals surface area contributed by atoms with Gasteiger partial charge in [0, 0.05) is 0 Å². The lowest BCUT2D eigenvalue weighted by atomic mass is 10.3. The molecule has 0 radical (unpaired) electrons. The van der Waals surface area contributed by atoms with Gasteiger partial charge in [-0.05, 0) is 14.8 Å². The summed E-state index contributed by atoms with van der Waals surface area (Å²) < 4.78 is 135. The monoisotopic (exact) mass is 410 g/mol. The van der Waals surface area contributed by atoms with Crippen LogP contribution in [-0.4, -0.2) is 11.0 Å². The highest BCUT2D eigenvalue weighted by Gasteiger charge is 2.39. The van der Waals surface area contributed by atoms with Gasteiger partial charge in [-0.25, -0.2) is 43.9 Å². The van der Waals surface area contributed by atoms with Crippen molar-refractivity contribution in [3.63, 3.8) is 0 Å². The molecule has 0 spiro atoms. The molecule has 0 saturated carbocycles. The Kier molecular flexibility index (Phi) is 5.53. The maximum absolute atomic E-state index is 13.9. The van der Waals surface area contributed by atoms with Crippen LogP contribution in [0.1, 0.15) is 6.92 Å². The lowest BCUT2D eigenvalue weighted by molar-refractivity contribution is 0.279. The summed E-state index contributed by atoms with van der Waals surface area (Å²) >= 11 is 0. The smallest absolute Gasteiger partial charge is 0.200 e. The number of rotatable bonds is 3. The molecular weight excluding hydrogens is 405 g/mol. The molecule has 0 fully saturated rings. The minimum atomic E-state index is -3.62. The molecule has 2 rings (SSSR count). The summed E-state index contributed by atoms with van der Waals surface area (Å²) in [4.78, 5) is 0. The largest absolute Gasteiger partial charge is 0.388 e. The predicted octanol–water partition coefficient (Wildman–Crippen LogP) is 3.85. The van der Waals surface area contributed by atoms with E-state index in [0.717, 1.165) is 0 Å². The average Bonchev–Trinajstić information content (AvgIpc) is 2.60. The van der Waals surface area contributed by atoms with Crippen LogP contribution in [0.25, 0.3) is 0 Å². The Morgan fingerprint density at radius 3 is 0.885 bits per heavy atom. The number of aliphatic hydroxyl groups is 1. The zero-order chi connectivity index (χ0) is 20.1. The fourth-order valence-corrected chi connectivity index (χ4v) is 4.30. The molecule has 2 aromatic carbocycles. The van der Waals surface area contributed by atoms with Crippen LogP contribution in [0, 0.1) is 58.2 Å². The van der Waals surface area contributed by atoms with E-state index < -0.39 is 82.5 Å². The summed E-state index contributed by atoms with van der Waals surface area (Å²) in [7, 11) is -3.62. The maximum atomic E-state index is 13.9. The molecule has 0 aliphatic rings. The maximum Gasteiger partial charge on any atom is 0.200 e. The van der Waals surface area contributed by atoms with E-state index in [-0.39, 0.29) is 0 Å². The molecule has 0 aliphatic carbocycles. The van der Waals surface area contributed by atoms with Crippen LogP contribution in [0.5, 0.6) is 0 Å². The van der Waals surface area contributed by atoms with Gasteiger partial charge in [0.15, 0.2) is 46.5 Å². The van der Waals surface area contributed by atoms with Gasteiger partial charge in [-0.15, -0.1) is 0 Å². The highest BCUT2D eigenvalue weighted by Crippen LogP contribution is 2.43. The fourth-order valence-electron chi connectivity index (χ4n) is 2.10. The average molecular weight is 410 g/mol. The van der Waals surface area contributed by atoms with Crippen LogP contribution in [0.15, 0.2) is 0 Å². The van der Waals surface area contributed by atoms with Gasteiger partial charge in [0.05, 0.1) is 16.5 Å². The molecule has 1 atom stereocenters. The number of aliphatic hydroxyl groups excluding tert-OH is 1. The van der Waals surface area contributed by atoms with Crippen molar-refractivity contribution in [1.82, 2.24) is 0 Å². The Hall–Kier alpha value is -1.87. The molecule has 2 aromatic rings. The third-order valence-electron chi connectivity index (χ3n) is 3.23. The highest BCUT2D eigenvalue weighted by atomic mass is 31.1. The number of hydrogen-bond donors (Lipinski definition) is 1. The van der Waals surface area contributed by atoms with Crippen LogP contribution < -0.4 is 10.6 Å². The second-order valence-corrected chi connectivity index (χ2v) is 7.22. The van der Waals surface area contributed by atoms with Crippen LogP contribution >= 0.6 is 7.92 Å². The van der Waals surface area contributed by atoms with Gasteiger partial charge in [-0.2, -0.15) is 0 Å². The van der Waals surface area contributed by atoms with Gasteiger partial charge in [0.2, 0.25) is 11.6 Å². The van der Waals surface area contributed by atoms with Crippen molar-refractivity contribution in [1.29, 1.82) is 0 Å². The third-order valence-corrected chi connectivity index (χ3v) is 5.72. The number of benzene rings is 2. The van der Waals surface area contributed by atoms with Gasteiger partial charge in [-0.1, -0.05) is 0 Å². The summed E-state index contributed by atoms with van der Waals surface area (Å²) in [5.74, 6) is -27.7. The molecular formula is C14H5F10OP. The van der Waals surface area contributed by atoms with Crippen molar-refractivity contribution in [2.24, 2.45) is 0 Å². The highest BCUT2D eigenvalue weighted by molar-refractivity contribution is 7.73. The molecule has 0 heterocycles. The molecule has 1 unspecified atom stereocenters. The van der Waals surface area contributed by atoms with Gasteiger partial charge in [-0.3, -0.25) is 0 Å². The number of hydrogen-bond acceptors (Lipinski definition) is 1. The van der Waals surface area contributed by atoms with Gasteiger partial charge >= 0.3 is 0 Å². The Morgan fingerprint density at radius 2 is 0.692 bits per heavy atom. The van der Waals surface area contributed by atoms with Crippen LogP contribution in [0.2, 0.25) is 0 Å². The first-order valence-corrected chi connectivity index (χ1v) is 7.84. The minimum absolute atomic E-state index is 0.627. The first kappa shape index (κ1) is 20.4. The molecule has 0 aliphatic heterocycles. The van der Waals surface area contributed by atoms with Crippen molar-refractivity contribution in [3.8, 4) is 0 Å². The topological polar surface area (TPSA) is 20.2 Å². The second kappa shape index (κ2) is 7.03. The molecule has 26 heavy (non-hydrogen) atoms. The molecule has 142 valence electrons. The van der Waals surface area contributed by atoms with E-state index in [0.29, 0.717) is 6.92 Å². The molecule has 1 N–H and O–H groups in total. The van der Waals surface area contributed by atoms with E-state index in [4.69, 9.17) is 0 Å². The molecule has 1 nitrogen and oxygen atoms in total. The summed E-state index contributed by atoms with van der Waals surface area (Å²) in [5.41, 5.74) is 0. The minimum Gasteiger partial charge on any atom is -0.388 e. The Balaban J connectivity index is 2.96. The summed E-state index contributed by atoms with van der Waals surface area (Å²) in [5, 5.41) is 5.84. The van der Waals surface area contributed by atoms with Gasteiger partial charge < -0.3 is 5.11 Å². The zero-order valence-corrected chi connectivity index (χ0v) is 13.1. The fraction of sp³-hybridized carbons (Fsp3) is 0.143. The zero-order valence-electron chi connectivity index (χ0n) is 12.3. The van der Waals surface area contributed by atoms with E-state index >= 15 is 0 Å². The lowest BCUT2D eigenvalue weighted by Crippen LogP contribution is -2.32. The second-order valence-electron chi connectivity index (χ2n) is 4.84. The Bertz CT molecular complexity index is 771. The van der Waals surface area contributed by atoms with Crippen molar-refractivity contribution in [2.75, 3.05) is 0 Å². The first-order valence-electron chi connectivity index (χ1n) is 6.43. The standard InChI is InChI=1S/C14H5F10OP/c1-2(25)26(13-9(21)5(17)3(15)6(18)10(13)22)14-11(23)7(19)4(16)8(20)12(14)24/h2,25H,1H3. The van der Waals surface area contributed by atoms with E-state index in [1.165, 1.54) is 0 Å². The van der Waals surface area contributed by atoms with Gasteiger partial charge in [0.1, 0.15) is 0 Å². The SMILES string of the molecule is CC(O)P(c1c(F)c(F)c(F)c(F)c1F)c1c(F)c(F)c(F)c(F)c1F. The van der Waals surface area contributed by atoms with Crippen LogP contribution in [0.3, 0.4) is 0 Å². The Morgan fingerprint density at radius 1 is 0.500 bits per heavy atom. The molecule has 0 saturated heterocycles. The number of halogens is 10. The molecule has 0 aromatic heterocycles. The predicted molar refractivity (Wildman–Crippen MR) is 70.3 cm³/mol. The van der Waals surface area contributed by atoms with Crippen LogP contribution in [0.4, 0.5) is 43.9 Å². The Labute approximate surface area is 139 Å². The van der Waals surface area contributed by atoms with E-state index in [1.807, 2.05) is 0 Å². The summed E-state index contributed by atoms with van der Waals surface area (Å²) in [6, 6.07) is 0. The van der Waals surface area contributed by atoms with Crippen molar-refractivity contribution >= 4 is 18.5 Å². The van der Waals surface area contributed by atoms with Crippen molar-refractivity contribution in [3.05, 3.63) is 58.2 Å². The van der Waals surface area contributed by atoms with E-state index in [9.17, 15) is 49.0 Å². The van der Waals surface area contributed by atoms with Gasteiger partial charge in [0.25, 0.3) is 0 Å². The summed E-state index contributed by atoms with van der Waals surface area (Å²) in [6.45, 7) is 0.627. The van der Waals surface area contributed by atoms with Crippen molar-refractivity contribution in [2.45, 2.75) is 12.8 Å². The first-order chi connectivity index (χ1) is 11.9. The van der Waals surface area contributed by atoms with E-state index in [1.54, 1.807) is 0 Å². The molecule has 0 bridgehead atoms. The normalized spacial score (nSPS) is 12.8. The lowest BCUT2D eigenvalue weighted by Gasteiger charge is -2.24. The van der Waals surface area contributed by atoms with Crippen molar-refractivity contribution < 1.29 is 49.0 Å².